The molecule has 138 valence electrons. The number of anilines is 1. The molecular formula is C19H20BrNO5. The number of fused-ring (bicyclic) bond motifs is 1. The normalized spacial score (nSPS) is 12.5. The van der Waals surface area contributed by atoms with Crippen LogP contribution in [0.3, 0.4) is 0 Å². The van der Waals surface area contributed by atoms with Crippen LogP contribution in [0.1, 0.15) is 11.1 Å². The van der Waals surface area contributed by atoms with E-state index in [9.17, 15) is 4.79 Å². The Morgan fingerprint density at radius 1 is 1.08 bits per heavy atom. The zero-order valence-electron chi connectivity index (χ0n) is 14.8. The van der Waals surface area contributed by atoms with Crippen molar-refractivity contribution in [2.45, 2.75) is 13.3 Å². The predicted molar refractivity (Wildman–Crippen MR) is 102 cm³/mol. The average molecular weight is 422 g/mol. The highest BCUT2D eigenvalue weighted by Crippen LogP contribution is 2.36. The SMILES string of the molecule is COc1cc(C)c(NC(=O)Cc2cc3c(cc2Br)OCCO3)cc1OC. The molecule has 6 nitrogen and oxygen atoms in total. The third kappa shape index (κ3) is 3.88. The van der Waals surface area contributed by atoms with E-state index in [0.29, 0.717) is 41.9 Å². The summed E-state index contributed by atoms with van der Waals surface area (Å²) >= 11 is 3.49. The zero-order valence-corrected chi connectivity index (χ0v) is 16.4. The maximum absolute atomic E-state index is 12.5. The van der Waals surface area contributed by atoms with Gasteiger partial charge < -0.3 is 24.3 Å². The summed E-state index contributed by atoms with van der Waals surface area (Å²) in [6, 6.07) is 7.25. The number of rotatable bonds is 5. The molecule has 3 rings (SSSR count). The number of nitrogens with one attached hydrogen (secondary N) is 1. The molecule has 1 aliphatic heterocycles. The predicted octanol–water partition coefficient (Wildman–Crippen LogP) is 3.73. The van der Waals surface area contributed by atoms with E-state index in [-0.39, 0.29) is 12.3 Å². The minimum absolute atomic E-state index is 0.141. The lowest BCUT2D eigenvalue weighted by atomic mass is 10.1. The quantitative estimate of drug-likeness (QED) is 0.796. The van der Waals surface area contributed by atoms with Gasteiger partial charge in [-0.15, -0.1) is 0 Å². The Hall–Kier alpha value is -2.41. The van der Waals surface area contributed by atoms with Crippen molar-refractivity contribution in [3.63, 3.8) is 0 Å². The summed E-state index contributed by atoms with van der Waals surface area (Å²) in [6.07, 6.45) is 0.199. The smallest absolute Gasteiger partial charge is 0.228 e. The molecule has 0 atom stereocenters. The maximum Gasteiger partial charge on any atom is 0.228 e. The lowest BCUT2D eigenvalue weighted by molar-refractivity contribution is -0.115. The molecule has 0 aliphatic carbocycles. The number of amides is 1. The van der Waals surface area contributed by atoms with Gasteiger partial charge in [0, 0.05) is 16.2 Å². The van der Waals surface area contributed by atoms with E-state index >= 15 is 0 Å². The number of benzene rings is 2. The van der Waals surface area contributed by atoms with E-state index in [1.54, 1.807) is 20.3 Å². The van der Waals surface area contributed by atoms with Crippen LogP contribution in [0.4, 0.5) is 5.69 Å². The van der Waals surface area contributed by atoms with Gasteiger partial charge in [0.15, 0.2) is 23.0 Å². The summed E-state index contributed by atoms with van der Waals surface area (Å²) in [7, 11) is 3.14. The van der Waals surface area contributed by atoms with Gasteiger partial charge in [-0.25, -0.2) is 0 Å². The molecular weight excluding hydrogens is 402 g/mol. The number of hydrogen-bond donors (Lipinski definition) is 1. The van der Waals surface area contributed by atoms with Crippen LogP contribution < -0.4 is 24.3 Å². The molecule has 26 heavy (non-hydrogen) atoms. The van der Waals surface area contributed by atoms with Crippen LogP contribution in [0.5, 0.6) is 23.0 Å². The Kier molecular flexibility index (Phi) is 5.56. The van der Waals surface area contributed by atoms with Crippen LogP contribution >= 0.6 is 15.9 Å². The first-order valence-electron chi connectivity index (χ1n) is 8.12. The molecule has 7 heteroatoms. The summed E-state index contributed by atoms with van der Waals surface area (Å²) in [6.45, 7) is 2.93. The van der Waals surface area contributed by atoms with Crippen LogP contribution in [0, 0.1) is 6.92 Å². The van der Waals surface area contributed by atoms with E-state index in [4.69, 9.17) is 18.9 Å². The number of hydrogen-bond acceptors (Lipinski definition) is 5. The van der Waals surface area contributed by atoms with E-state index in [1.165, 1.54) is 0 Å². The first kappa shape index (κ1) is 18.4. The monoisotopic (exact) mass is 421 g/mol. The Balaban J connectivity index is 1.77. The maximum atomic E-state index is 12.5. The second-order valence-electron chi connectivity index (χ2n) is 5.83. The number of ether oxygens (including phenoxy) is 4. The highest BCUT2D eigenvalue weighted by atomic mass is 79.9. The molecule has 2 aromatic rings. The van der Waals surface area contributed by atoms with Crippen molar-refractivity contribution in [1.82, 2.24) is 0 Å². The van der Waals surface area contributed by atoms with E-state index < -0.39 is 0 Å². The molecule has 1 N–H and O–H groups in total. The standard InChI is InChI=1S/C19H20BrNO5/c1-11-6-15(23-2)16(24-3)10-14(11)21-19(22)8-12-7-17-18(9-13(12)20)26-5-4-25-17/h6-7,9-10H,4-5,8H2,1-3H3,(H,21,22). The van der Waals surface area contributed by atoms with Crippen molar-refractivity contribution in [3.8, 4) is 23.0 Å². The number of carbonyl (C=O) groups is 1. The molecule has 0 saturated carbocycles. The topological polar surface area (TPSA) is 66.0 Å². The second-order valence-corrected chi connectivity index (χ2v) is 6.69. The van der Waals surface area contributed by atoms with Crippen molar-refractivity contribution < 1.29 is 23.7 Å². The Bertz CT molecular complexity index is 788. The van der Waals surface area contributed by atoms with Gasteiger partial charge in [0.2, 0.25) is 5.91 Å². The summed E-state index contributed by atoms with van der Waals surface area (Å²) in [4.78, 5) is 12.5. The Morgan fingerprint density at radius 3 is 2.35 bits per heavy atom. The third-order valence-corrected chi connectivity index (χ3v) is 4.81. The van der Waals surface area contributed by atoms with Crippen LogP contribution in [0.2, 0.25) is 0 Å². The lowest BCUT2D eigenvalue weighted by Gasteiger charge is -2.20. The first-order valence-corrected chi connectivity index (χ1v) is 8.91. The number of methoxy groups -OCH3 is 2. The first-order chi connectivity index (χ1) is 12.5. The summed E-state index contributed by atoms with van der Waals surface area (Å²) in [5.41, 5.74) is 2.39. The number of halogens is 1. The van der Waals surface area contributed by atoms with E-state index in [0.717, 1.165) is 15.6 Å². The minimum atomic E-state index is -0.141. The molecule has 1 amide bonds. The molecule has 0 bridgehead atoms. The van der Waals surface area contributed by atoms with Crippen molar-refractivity contribution in [3.05, 3.63) is 39.9 Å². The second kappa shape index (κ2) is 7.86. The van der Waals surface area contributed by atoms with Crippen molar-refractivity contribution in [2.24, 2.45) is 0 Å². The van der Waals surface area contributed by atoms with Gasteiger partial charge in [-0.1, -0.05) is 15.9 Å². The fourth-order valence-corrected chi connectivity index (χ4v) is 3.19. The summed E-state index contributed by atoms with van der Waals surface area (Å²) in [5, 5.41) is 2.92. The van der Waals surface area contributed by atoms with Gasteiger partial charge in [0.05, 0.1) is 20.6 Å². The summed E-state index contributed by atoms with van der Waals surface area (Å²) < 4.78 is 22.5. The number of carbonyl (C=O) groups excluding carboxylic acids is 1. The average Bonchev–Trinajstić information content (AvgIpc) is 2.63. The summed E-state index contributed by atoms with van der Waals surface area (Å²) in [5.74, 6) is 2.39. The van der Waals surface area contributed by atoms with Gasteiger partial charge in [-0.3, -0.25) is 4.79 Å². The van der Waals surface area contributed by atoms with Gasteiger partial charge in [0.1, 0.15) is 13.2 Å². The van der Waals surface area contributed by atoms with Crippen molar-refractivity contribution in [2.75, 3.05) is 32.8 Å². The fraction of sp³-hybridized carbons (Fsp3) is 0.316. The van der Waals surface area contributed by atoms with Gasteiger partial charge in [0.25, 0.3) is 0 Å². The van der Waals surface area contributed by atoms with Crippen LogP contribution in [0.15, 0.2) is 28.7 Å². The van der Waals surface area contributed by atoms with Crippen LogP contribution in [-0.4, -0.2) is 33.3 Å². The lowest BCUT2D eigenvalue weighted by Crippen LogP contribution is -2.18. The van der Waals surface area contributed by atoms with Gasteiger partial charge in [-0.05, 0) is 36.2 Å². The molecule has 0 radical (unpaired) electrons. The molecule has 0 spiro atoms. The molecule has 1 heterocycles. The Morgan fingerprint density at radius 2 is 1.69 bits per heavy atom. The third-order valence-electron chi connectivity index (χ3n) is 4.07. The van der Waals surface area contributed by atoms with E-state index in [1.807, 2.05) is 25.1 Å². The molecule has 2 aromatic carbocycles. The largest absolute Gasteiger partial charge is 0.493 e. The van der Waals surface area contributed by atoms with Crippen molar-refractivity contribution >= 4 is 27.5 Å². The van der Waals surface area contributed by atoms with Crippen LogP contribution in [-0.2, 0) is 11.2 Å². The minimum Gasteiger partial charge on any atom is -0.493 e. The van der Waals surface area contributed by atoms with Gasteiger partial charge >= 0.3 is 0 Å². The van der Waals surface area contributed by atoms with Gasteiger partial charge in [-0.2, -0.15) is 0 Å². The highest BCUT2D eigenvalue weighted by Gasteiger charge is 2.17. The highest BCUT2D eigenvalue weighted by molar-refractivity contribution is 9.10. The molecule has 0 fully saturated rings. The number of aryl methyl sites for hydroxylation is 1. The molecule has 0 saturated heterocycles. The van der Waals surface area contributed by atoms with Crippen molar-refractivity contribution in [1.29, 1.82) is 0 Å². The van der Waals surface area contributed by atoms with E-state index in [2.05, 4.69) is 21.2 Å². The molecule has 0 unspecified atom stereocenters. The molecule has 0 aromatic heterocycles. The van der Waals surface area contributed by atoms with Crippen LogP contribution in [0.25, 0.3) is 0 Å². The zero-order chi connectivity index (χ0) is 18.7. The molecule has 1 aliphatic rings. The Labute approximate surface area is 160 Å². The fourth-order valence-electron chi connectivity index (χ4n) is 2.72.